The number of amides is 1. The van der Waals surface area contributed by atoms with Gasteiger partial charge in [0.05, 0.1) is 5.39 Å². The van der Waals surface area contributed by atoms with Gasteiger partial charge in [0.2, 0.25) is 11.8 Å². The number of fused-ring (bicyclic) bond motifs is 3. The highest BCUT2D eigenvalue weighted by atomic mass is 32.1. The predicted octanol–water partition coefficient (Wildman–Crippen LogP) is 3.20. The number of carbonyl (C=O) groups is 1. The van der Waals surface area contributed by atoms with Gasteiger partial charge in [-0.2, -0.15) is 0 Å². The van der Waals surface area contributed by atoms with E-state index in [1.807, 2.05) is 12.1 Å². The molecule has 0 radical (unpaired) electrons. The van der Waals surface area contributed by atoms with Crippen molar-refractivity contribution in [3.8, 4) is 5.88 Å². The molecule has 6 nitrogen and oxygen atoms in total. The van der Waals surface area contributed by atoms with Gasteiger partial charge in [0.1, 0.15) is 17.3 Å². The number of benzene rings is 1. The molecule has 0 spiro atoms. The van der Waals surface area contributed by atoms with Gasteiger partial charge in [-0.15, -0.1) is 11.3 Å². The topological polar surface area (TPSA) is 81.3 Å². The van der Waals surface area contributed by atoms with Gasteiger partial charge in [0, 0.05) is 21.7 Å². The van der Waals surface area contributed by atoms with Crippen molar-refractivity contribution in [3.63, 3.8) is 0 Å². The number of nitrogens with two attached hydrogens (primary N) is 1. The Labute approximate surface area is 156 Å². The smallest absolute Gasteiger partial charge is 0.248 e. The van der Waals surface area contributed by atoms with E-state index in [1.165, 1.54) is 0 Å². The highest BCUT2D eigenvalue weighted by Crippen LogP contribution is 2.38. The van der Waals surface area contributed by atoms with Crippen molar-refractivity contribution >= 4 is 37.5 Å². The van der Waals surface area contributed by atoms with Gasteiger partial charge >= 0.3 is 0 Å². The van der Waals surface area contributed by atoms with E-state index in [0.717, 1.165) is 46.0 Å². The molecule has 2 aromatic heterocycles. The van der Waals surface area contributed by atoms with Crippen LogP contribution in [0.5, 0.6) is 5.88 Å². The summed E-state index contributed by atoms with van der Waals surface area (Å²) in [4.78, 5) is 23.5. The molecule has 1 saturated carbocycles. The van der Waals surface area contributed by atoms with Crippen LogP contribution in [-0.4, -0.2) is 47.0 Å². The van der Waals surface area contributed by atoms with E-state index < -0.39 is 5.91 Å². The molecule has 1 aliphatic carbocycles. The fourth-order valence-electron chi connectivity index (χ4n) is 3.66. The standard InChI is InChI=1S/C19H22N4O2S/c1-23(2)12-4-6-13(7-5-12)25-18-16-14-9-11(17(20)24)3-8-15(14)26-19(16)22-10-21-18/h3,8-10,12-13H,4-7H2,1-2H3,(H2,20,24). The Bertz CT molecular complexity index is 961. The van der Waals surface area contributed by atoms with Crippen molar-refractivity contribution in [2.24, 2.45) is 5.73 Å². The normalized spacial score (nSPS) is 20.7. The molecule has 136 valence electrons. The first-order chi connectivity index (χ1) is 12.5. The van der Waals surface area contributed by atoms with Crippen LogP contribution in [0.3, 0.4) is 0 Å². The number of ether oxygens (including phenoxy) is 1. The van der Waals surface area contributed by atoms with E-state index >= 15 is 0 Å². The number of rotatable bonds is 4. The second kappa shape index (κ2) is 6.81. The highest BCUT2D eigenvalue weighted by molar-refractivity contribution is 7.25. The first-order valence-corrected chi connectivity index (χ1v) is 9.64. The van der Waals surface area contributed by atoms with Gasteiger partial charge in [-0.25, -0.2) is 9.97 Å². The van der Waals surface area contributed by atoms with Gasteiger partial charge < -0.3 is 15.4 Å². The Kier molecular flexibility index (Phi) is 4.50. The molecule has 0 saturated heterocycles. The van der Waals surface area contributed by atoms with Crippen LogP contribution in [0.25, 0.3) is 20.3 Å². The molecule has 1 fully saturated rings. The van der Waals surface area contributed by atoms with Crippen LogP contribution in [-0.2, 0) is 0 Å². The first kappa shape index (κ1) is 17.2. The van der Waals surface area contributed by atoms with Crippen LogP contribution >= 0.6 is 11.3 Å². The maximum atomic E-state index is 11.5. The Hall–Kier alpha value is -2.25. The molecular formula is C19H22N4O2S. The Balaban J connectivity index is 1.68. The molecular weight excluding hydrogens is 348 g/mol. The summed E-state index contributed by atoms with van der Waals surface area (Å²) in [6, 6.07) is 6.10. The number of hydrogen-bond donors (Lipinski definition) is 1. The predicted molar refractivity (Wildman–Crippen MR) is 104 cm³/mol. The summed E-state index contributed by atoms with van der Waals surface area (Å²) in [6.45, 7) is 0. The van der Waals surface area contributed by atoms with Gasteiger partial charge in [-0.1, -0.05) is 0 Å². The minimum atomic E-state index is -0.437. The summed E-state index contributed by atoms with van der Waals surface area (Å²) < 4.78 is 7.33. The molecule has 1 aliphatic rings. The van der Waals surface area contributed by atoms with Crippen molar-refractivity contribution in [3.05, 3.63) is 30.1 Å². The lowest BCUT2D eigenvalue weighted by atomic mass is 9.92. The zero-order chi connectivity index (χ0) is 18.3. The molecule has 0 atom stereocenters. The molecule has 0 aliphatic heterocycles. The zero-order valence-electron chi connectivity index (χ0n) is 14.9. The van der Waals surface area contributed by atoms with E-state index in [9.17, 15) is 4.79 Å². The summed E-state index contributed by atoms with van der Waals surface area (Å²) in [5.41, 5.74) is 5.93. The molecule has 3 aromatic rings. The third-order valence-corrected chi connectivity index (χ3v) is 6.25. The maximum absolute atomic E-state index is 11.5. The SMILES string of the molecule is CN(C)C1CCC(Oc2ncnc3sc4ccc(C(N)=O)cc4c23)CC1. The summed E-state index contributed by atoms with van der Waals surface area (Å²) in [7, 11) is 4.27. The molecule has 1 amide bonds. The number of hydrogen-bond acceptors (Lipinski definition) is 6. The minimum absolute atomic E-state index is 0.165. The van der Waals surface area contributed by atoms with Crippen LogP contribution in [0, 0.1) is 0 Å². The third-order valence-electron chi connectivity index (χ3n) is 5.17. The Morgan fingerprint density at radius 3 is 2.69 bits per heavy atom. The second-order valence-electron chi connectivity index (χ2n) is 7.05. The molecule has 0 bridgehead atoms. The van der Waals surface area contributed by atoms with Crippen LogP contribution < -0.4 is 10.5 Å². The fraction of sp³-hybridized carbons (Fsp3) is 0.421. The Morgan fingerprint density at radius 2 is 2.00 bits per heavy atom. The van der Waals surface area contributed by atoms with Crippen LogP contribution in [0.15, 0.2) is 24.5 Å². The monoisotopic (exact) mass is 370 g/mol. The fourth-order valence-corrected chi connectivity index (χ4v) is 4.68. The second-order valence-corrected chi connectivity index (χ2v) is 8.08. The van der Waals surface area contributed by atoms with E-state index in [0.29, 0.717) is 17.5 Å². The summed E-state index contributed by atoms with van der Waals surface area (Å²) in [5.74, 6) is 0.170. The van der Waals surface area contributed by atoms with Crippen molar-refractivity contribution in [1.82, 2.24) is 14.9 Å². The van der Waals surface area contributed by atoms with E-state index in [-0.39, 0.29) is 6.10 Å². The largest absolute Gasteiger partial charge is 0.474 e. The first-order valence-electron chi connectivity index (χ1n) is 8.83. The number of carbonyl (C=O) groups excluding carboxylic acids is 1. The van der Waals surface area contributed by atoms with Gasteiger partial charge in [0.25, 0.3) is 0 Å². The number of nitrogens with zero attached hydrogens (tertiary/aromatic N) is 3. The van der Waals surface area contributed by atoms with Crippen LogP contribution in [0.4, 0.5) is 0 Å². The molecule has 0 unspecified atom stereocenters. The molecule has 7 heteroatoms. The quantitative estimate of drug-likeness (QED) is 0.763. The highest BCUT2D eigenvalue weighted by Gasteiger charge is 2.25. The van der Waals surface area contributed by atoms with Crippen LogP contribution in [0.2, 0.25) is 0 Å². The minimum Gasteiger partial charge on any atom is -0.474 e. The number of aromatic nitrogens is 2. The molecule has 4 rings (SSSR count). The number of thiophene rings is 1. The van der Waals surface area contributed by atoms with Crippen molar-refractivity contribution in [2.45, 2.75) is 37.8 Å². The lowest BCUT2D eigenvalue weighted by Gasteiger charge is -2.32. The maximum Gasteiger partial charge on any atom is 0.248 e. The summed E-state index contributed by atoms with van der Waals surface area (Å²) in [5, 5.41) is 1.81. The van der Waals surface area contributed by atoms with Gasteiger partial charge in [-0.05, 0) is 58.0 Å². The lowest BCUT2D eigenvalue weighted by Crippen LogP contribution is -2.35. The van der Waals surface area contributed by atoms with Gasteiger partial charge in [0.15, 0.2) is 0 Å². The van der Waals surface area contributed by atoms with Crippen molar-refractivity contribution in [2.75, 3.05) is 14.1 Å². The summed E-state index contributed by atoms with van der Waals surface area (Å²) in [6.07, 6.45) is 6.00. The van der Waals surface area contributed by atoms with Crippen LogP contribution in [0.1, 0.15) is 36.0 Å². The van der Waals surface area contributed by atoms with Crippen molar-refractivity contribution < 1.29 is 9.53 Å². The zero-order valence-corrected chi connectivity index (χ0v) is 15.8. The molecule has 1 aromatic carbocycles. The number of primary amides is 1. The van der Waals surface area contributed by atoms with Crippen molar-refractivity contribution in [1.29, 1.82) is 0 Å². The van der Waals surface area contributed by atoms with Gasteiger partial charge in [-0.3, -0.25) is 4.79 Å². The average molecular weight is 370 g/mol. The Morgan fingerprint density at radius 1 is 1.23 bits per heavy atom. The average Bonchev–Trinajstić information content (AvgIpc) is 3.00. The van der Waals surface area contributed by atoms with E-state index in [1.54, 1.807) is 23.7 Å². The molecule has 26 heavy (non-hydrogen) atoms. The third kappa shape index (κ3) is 3.12. The summed E-state index contributed by atoms with van der Waals surface area (Å²) >= 11 is 1.57. The van der Waals surface area contributed by atoms with E-state index in [2.05, 4.69) is 29.0 Å². The molecule has 2 heterocycles. The van der Waals surface area contributed by atoms with E-state index in [4.69, 9.17) is 10.5 Å². The molecule has 2 N–H and O–H groups in total. The lowest BCUT2D eigenvalue weighted by molar-refractivity contribution is 0.1000.